The molecule has 518 valence electrons. The molecule has 0 radical (unpaired) electrons. The molecule has 0 aliphatic carbocycles. The van der Waals surface area contributed by atoms with Crippen molar-refractivity contribution in [1.82, 2.24) is 0 Å². The Kier molecular flexibility index (Phi) is 23.0. The van der Waals surface area contributed by atoms with E-state index in [4.69, 9.17) is 18.9 Å². The van der Waals surface area contributed by atoms with Gasteiger partial charge in [0.2, 0.25) is 23.3 Å². The first-order valence-electron chi connectivity index (χ1n) is 34.1. The molecule has 12 aromatic rings. The van der Waals surface area contributed by atoms with Crippen molar-refractivity contribution in [1.29, 1.82) is 0 Å². The second-order valence-electron chi connectivity index (χ2n) is 26.2. The number of rotatable bonds is 29. The molecule has 0 N–H and O–H groups in total. The maximum Gasteiger partial charge on any atom is 0.366 e. The van der Waals surface area contributed by atoms with Crippen LogP contribution in [0.3, 0.4) is 0 Å². The Bertz CT molecular complexity index is 5160. The molecular formula is C92H74F4O8. The molecule has 0 bridgehead atoms. The summed E-state index contributed by atoms with van der Waals surface area (Å²) in [6.45, 7) is 11.9. The molecule has 0 spiro atoms. The Morgan fingerprint density at radius 2 is 0.452 bits per heavy atom. The molecule has 0 saturated heterocycles. The van der Waals surface area contributed by atoms with Gasteiger partial charge in [-0.05, 0) is 195 Å². The molecule has 8 nitrogen and oxygen atoms in total. The lowest BCUT2D eigenvalue weighted by molar-refractivity contribution is -0.142. The first-order chi connectivity index (χ1) is 50.3. The van der Waals surface area contributed by atoms with E-state index in [9.17, 15) is 36.7 Å². The summed E-state index contributed by atoms with van der Waals surface area (Å²) in [6, 6.07) is 88.7. The van der Waals surface area contributed by atoms with Crippen LogP contribution in [0, 0.1) is 0 Å². The highest BCUT2D eigenvalue weighted by Crippen LogP contribution is 2.40. The number of ether oxygens (including phenoxy) is 4. The number of hydrogen-bond acceptors (Lipinski definition) is 8. The lowest BCUT2D eigenvalue weighted by Gasteiger charge is -2.19. The summed E-state index contributed by atoms with van der Waals surface area (Å²) in [7, 11) is 0. The highest BCUT2D eigenvalue weighted by atomic mass is 19.1. The molecular weight excluding hydrogens is 1310 g/mol. The van der Waals surface area contributed by atoms with Crippen LogP contribution in [0.4, 0.5) is 17.6 Å². The van der Waals surface area contributed by atoms with Crippen LogP contribution in [0.2, 0.25) is 0 Å². The molecule has 0 unspecified atom stereocenters. The summed E-state index contributed by atoms with van der Waals surface area (Å²) in [5, 5.41) is 4.51. The first kappa shape index (κ1) is 71.5. The van der Waals surface area contributed by atoms with Gasteiger partial charge < -0.3 is 18.9 Å². The molecule has 0 heterocycles. The fraction of sp³-hybridized carbons (Fsp3) is 0.130. The van der Waals surface area contributed by atoms with Gasteiger partial charge in [0, 0.05) is 0 Å². The van der Waals surface area contributed by atoms with Gasteiger partial charge >= 0.3 is 23.9 Å². The second-order valence-corrected chi connectivity index (χ2v) is 26.2. The molecule has 0 aromatic heterocycles. The predicted octanol–water partition coefficient (Wildman–Crippen LogP) is 20.5. The minimum Gasteiger partial charge on any atom is -0.456 e. The van der Waals surface area contributed by atoms with E-state index in [-0.39, 0.29) is 26.4 Å². The van der Waals surface area contributed by atoms with Crippen LogP contribution in [0.1, 0.15) is 111 Å². The van der Waals surface area contributed by atoms with Crippen molar-refractivity contribution in [3.63, 3.8) is 0 Å². The highest BCUT2D eigenvalue weighted by Gasteiger charge is 2.19. The van der Waals surface area contributed by atoms with Crippen LogP contribution in [0.15, 0.2) is 304 Å². The summed E-state index contributed by atoms with van der Waals surface area (Å²) in [4.78, 5) is 46.6. The molecule has 12 aromatic carbocycles. The van der Waals surface area contributed by atoms with Gasteiger partial charge in [0.1, 0.15) is 26.4 Å². The van der Waals surface area contributed by atoms with Gasteiger partial charge in [-0.2, -0.15) is 17.6 Å². The summed E-state index contributed by atoms with van der Waals surface area (Å²) in [5.74, 6) is -8.81. The summed E-state index contributed by atoms with van der Waals surface area (Å²) in [5.41, 5.74) is 23.5. The Morgan fingerprint density at radius 1 is 0.231 bits per heavy atom. The number of fused-ring (bicyclic) bond motifs is 2. The maximum atomic E-state index is 13.3. The largest absolute Gasteiger partial charge is 0.456 e. The quantitative estimate of drug-likeness (QED) is 0.0198. The summed E-state index contributed by atoms with van der Waals surface area (Å²) in [6.07, 6.45) is 5.53. The molecule has 0 amide bonds. The minimum absolute atomic E-state index is 0.0402. The van der Waals surface area contributed by atoms with E-state index in [1.807, 2.05) is 97.1 Å². The third-order valence-electron chi connectivity index (χ3n) is 18.3. The number of carbonyl (C=O) groups excluding carboxylic acids is 4. The molecule has 0 aliphatic heterocycles. The van der Waals surface area contributed by atoms with Crippen LogP contribution >= 0.6 is 0 Å². The van der Waals surface area contributed by atoms with E-state index in [1.165, 1.54) is 27.8 Å². The highest BCUT2D eigenvalue weighted by molar-refractivity contribution is 6.07. The van der Waals surface area contributed by atoms with Crippen LogP contribution in [-0.4, -0.2) is 23.9 Å². The van der Waals surface area contributed by atoms with Crippen molar-refractivity contribution in [2.75, 3.05) is 0 Å². The number of hydrogen-bond donors (Lipinski definition) is 0. The minimum atomic E-state index is -1.13. The Balaban J connectivity index is 0.853. The van der Waals surface area contributed by atoms with E-state index in [1.54, 1.807) is 0 Å². The number of esters is 4. The lowest BCUT2D eigenvalue weighted by Crippen LogP contribution is -2.04. The van der Waals surface area contributed by atoms with Gasteiger partial charge in [0.15, 0.2) is 0 Å². The van der Waals surface area contributed by atoms with E-state index in [2.05, 4.69) is 184 Å². The van der Waals surface area contributed by atoms with Crippen molar-refractivity contribution < 1.29 is 55.7 Å². The van der Waals surface area contributed by atoms with E-state index in [0.29, 0.717) is 44.9 Å². The van der Waals surface area contributed by atoms with Gasteiger partial charge in [-0.15, -0.1) is 0 Å². The average molecular weight is 1380 g/mol. The third-order valence-corrected chi connectivity index (χ3v) is 18.3. The Labute approximate surface area is 602 Å². The Hall–Kier alpha value is -12.3. The van der Waals surface area contributed by atoms with Crippen LogP contribution in [0.5, 0.6) is 0 Å². The zero-order chi connectivity index (χ0) is 72.6. The predicted molar refractivity (Wildman–Crippen MR) is 401 cm³/mol. The topological polar surface area (TPSA) is 105 Å². The molecule has 0 saturated carbocycles. The van der Waals surface area contributed by atoms with Crippen LogP contribution in [-0.2, 0) is 116 Å². The zero-order valence-electron chi connectivity index (χ0n) is 57.3. The van der Waals surface area contributed by atoms with Gasteiger partial charge in [-0.3, -0.25) is 0 Å². The van der Waals surface area contributed by atoms with Crippen molar-refractivity contribution in [2.45, 2.75) is 77.8 Å². The van der Waals surface area contributed by atoms with E-state index < -0.39 is 47.2 Å². The third kappa shape index (κ3) is 19.4. The van der Waals surface area contributed by atoms with E-state index in [0.717, 1.165) is 123 Å². The van der Waals surface area contributed by atoms with Gasteiger partial charge in [0.05, 0.1) is 0 Å². The van der Waals surface area contributed by atoms with Crippen molar-refractivity contribution in [3.8, 4) is 11.1 Å². The fourth-order valence-electron chi connectivity index (χ4n) is 12.8. The summed E-state index contributed by atoms with van der Waals surface area (Å²) < 4.78 is 72.8. The molecule has 104 heavy (non-hydrogen) atoms. The second kappa shape index (κ2) is 33.5. The van der Waals surface area contributed by atoms with Crippen molar-refractivity contribution in [2.24, 2.45) is 0 Å². The zero-order valence-corrected chi connectivity index (χ0v) is 57.3. The lowest BCUT2D eigenvalue weighted by atomic mass is 9.85. The SMILES string of the molecule is C=C(F)C(=O)OCc1ccc(Cc2ccc(Cc3ccc4c(-c5c(Cc6ccc(Cc7ccc(COC(=O)C(=C)F)cc7)cc6)ccc6cc(Cc7ccc(Cc8ccc(COC(=O)C(=C)F)cc8)cc7)ccc56)cc(Cc5ccc(Cc6ccc(COC(=O)C(=C)F)cc6)cc5)cc4c3)cc2)cc1. The van der Waals surface area contributed by atoms with Crippen LogP contribution < -0.4 is 0 Å². The van der Waals surface area contributed by atoms with Gasteiger partial charge in [0.25, 0.3) is 0 Å². The molecule has 0 fully saturated rings. The van der Waals surface area contributed by atoms with E-state index >= 15 is 0 Å². The molecule has 0 atom stereocenters. The number of halogens is 4. The monoisotopic (exact) mass is 1380 g/mol. The number of carbonyl (C=O) groups is 4. The summed E-state index contributed by atoms with van der Waals surface area (Å²) >= 11 is 0. The fourth-order valence-corrected chi connectivity index (χ4v) is 12.8. The molecule has 12 heteroatoms. The Morgan fingerprint density at radius 3 is 0.740 bits per heavy atom. The first-order valence-corrected chi connectivity index (χ1v) is 34.1. The van der Waals surface area contributed by atoms with Crippen molar-refractivity contribution >= 4 is 45.4 Å². The average Bonchev–Trinajstić information content (AvgIpc) is 0.750. The molecule has 0 aliphatic rings. The molecule has 12 rings (SSSR count). The van der Waals surface area contributed by atoms with Gasteiger partial charge in [-0.1, -0.05) is 281 Å². The number of benzene rings is 12. The maximum absolute atomic E-state index is 13.3. The smallest absolute Gasteiger partial charge is 0.366 e. The normalized spacial score (nSPS) is 11.1. The van der Waals surface area contributed by atoms with Gasteiger partial charge in [-0.25, -0.2) is 19.2 Å². The van der Waals surface area contributed by atoms with Crippen LogP contribution in [0.25, 0.3) is 32.7 Å². The van der Waals surface area contributed by atoms with Crippen molar-refractivity contribution in [3.05, 3.63) is 416 Å². The standard InChI is InChI=1S/C92H74F4O8/c1-59(93)89(97)101-55-75-29-21-67(22-30-75)43-63-5-11-71(12-6-63)47-79-38-42-86-82(51-79)39-40-83(50-74-19-17-66(18-20-74)46-70-27-35-78(36-28-70)58-104-92(100)62(4)96)88(86)87-54-81(49-73-15-9-65(10-16-73)45-69-25-33-77(34-26-69)57-103-91(99)61(3)95)53-84-52-80(37-41-85(84)87)48-72-13-7-64(8-14-72)44-68-23-31-76(32-24-68)56-102-90(98)60(2)94/h5-42,51-54H,1-4,43-50,55-58H2.